The van der Waals surface area contributed by atoms with Crippen molar-refractivity contribution in [1.82, 2.24) is 9.88 Å². The number of carbonyl (C=O) groups is 1. The van der Waals surface area contributed by atoms with E-state index in [0.717, 1.165) is 0 Å². The maximum Gasteiger partial charge on any atom is 0.341 e. The predicted molar refractivity (Wildman–Crippen MR) is 68.3 cm³/mol. The molecule has 6 heteroatoms. The molecule has 0 atom stereocenters. The molecule has 0 saturated heterocycles. The Kier molecular flexibility index (Phi) is 4.78. The summed E-state index contributed by atoms with van der Waals surface area (Å²) in [6, 6.07) is 1.56. The third-order valence-electron chi connectivity index (χ3n) is 1.92. The van der Waals surface area contributed by atoms with E-state index >= 15 is 0 Å². The molecule has 0 aliphatic carbocycles. The summed E-state index contributed by atoms with van der Waals surface area (Å²) in [6.07, 6.45) is 3.49. The van der Waals surface area contributed by atoms with Gasteiger partial charge in [-0.3, -0.25) is 0 Å². The first-order chi connectivity index (χ1) is 7.95. The number of hydrogen-bond donors (Lipinski definition) is 0. The molecule has 1 heterocycles. The fourth-order valence-corrected chi connectivity index (χ4v) is 1.69. The topological polar surface area (TPSA) is 42.4 Å². The minimum Gasteiger partial charge on any atom is -0.465 e. The molecule has 0 radical (unpaired) electrons. The Labute approximate surface area is 110 Å². The minimum atomic E-state index is -0.544. The number of rotatable bonds is 3. The van der Waals surface area contributed by atoms with Gasteiger partial charge in [-0.25, -0.2) is 9.78 Å². The van der Waals surface area contributed by atoms with Crippen LogP contribution in [0.2, 0.25) is 10.3 Å². The van der Waals surface area contributed by atoms with Gasteiger partial charge in [-0.05, 0) is 23.9 Å². The molecular weight excluding hydrogens is 263 g/mol. The zero-order valence-corrected chi connectivity index (χ0v) is 11.2. The average Bonchev–Trinajstić information content (AvgIpc) is 2.24. The lowest BCUT2D eigenvalue weighted by Crippen LogP contribution is -2.07. The van der Waals surface area contributed by atoms with Crippen molar-refractivity contribution < 1.29 is 9.53 Å². The lowest BCUT2D eigenvalue weighted by atomic mass is 10.1. The third-order valence-corrected chi connectivity index (χ3v) is 2.38. The molecule has 0 aliphatic heterocycles. The Hall–Kier alpha value is -1.26. The van der Waals surface area contributed by atoms with E-state index in [1.54, 1.807) is 18.3 Å². The van der Waals surface area contributed by atoms with Gasteiger partial charge in [0.25, 0.3) is 0 Å². The number of pyridine rings is 1. The number of hydrogen-bond acceptors (Lipinski definition) is 4. The minimum absolute atomic E-state index is 0.0303. The summed E-state index contributed by atoms with van der Waals surface area (Å²) in [5.41, 5.74) is 0.771. The third kappa shape index (κ3) is 3.61. The number of aromatic nitrogens is 1. The lowest BCUT2D eigenvalue weighted by molar-refractivity contribution is 0.0600. The van der Waals surface area contributed by atoms with Crippen molar-refractivity contribution in [3.63, 3.8) is 0 Å². The molecule has 0 N–H and O–H groups in total. The predicted octanol–water partition coefficient (Wildman–Crippen LogP) is 2.71. The number of methoxy groups -OCH3 is 1. The van der Waals surface area contributed by atoms with Crippen LogP contribution in [0.15, 0.2) is 12.3 Å². The Bertz CT molecular complexity index is 459. The zero-order chi connectivity index (χ0) is 13.0. The van der Waals surface area contributed by atoms with Crippen molar-refractivity contribution in [2.24, 2.45) is 0 Å². The van der Waals surface area contributed by atoms with Crippen LogP contribution < -0.4 is 0 Å². The van der Waals surface area contributed by atoms with Gasteiger partial charge in [0.05, 0.1) is 7.11 Å². The molecule has 0 spiro atoms. The van der Waals surface area contributed by atoms with Gasteiger partial charge in [-0.15, -0.1) is 0 Å². The smallest absolute Gasteiger partial charge is 0.341 e. The largest absolute Gasteiger partial charge is 0.465 e. The highest BCUT2D eigenvalue weighted by atomic mass is 35.5. The van der Waals surface area contributed by atoms with Crippen molar-refractivity contribution in [2.45, 2.75) is 0 Å². The lowest BCUT2D eigenvalue weighted by Gasteiger charge is -2.08. The molecule has 17 heavy (non-hydrogen) atoms. The van der Waals surface area contributed by atoms with Gasteiger partial charge in [0.2, 0.25) is 0 Å². The van der Waals surface area contributed by atoms with Crippen LogP contribution in [0.25, 0.3) is 6.08 Å². The second-order valence-electron chi connectivity index (χ2n) is 3.47. The van der Waals surface area contributed by atoms with Crippen molar-refractivity contribution in [3.8, 4) is 0 Å². The van der Waals surface area contributed by atoms with E-state index in [-0.39, 0.29) is 15.9 Å². The maximum absolute atomic E-state index is 11.6. The van der Waals surface area contributed by atoms with Gasteiger partial charge in [-0.1, -0.05) is 23.2 Å². The molecule has 0 fully saturated rings. The van der Waals surface area contributed by atoms with Gasteiger partial charge in [0.1, 0.15) is 15.9 Å². The van der Waals surface area contributed by atoms with Crippen molar-refractivity contribution in [3.05, 3.63) is 33.7 Å². The molecule has 0 unspecified atom stereocenters. The van der Waals surface area contributed by atoms with Crippen LogP contribution in [0.4, 0.5) is 0 Å². The van der Waals surface area contributed by atoms with Crippen LogP contribution in [0, 0.1) is 0 Å². The van der Waals surface area contributed by atoms with Crippen molar-refractivity contribution in [1.29, 1.82) is 0 Å². The number of halogens is 2. The van der Waals surface area contributed by atoms with Crippen LogP contribution in [0.5, 0.6) is 0 Å². The molecule has 0 amide bonds. The average molecular weight is 275 g/mol. The van der Waals surface area contributed by atoms with E-state index in [4.69, 9.17) is 23.2 Å². The summed E-state index contributed by atoms with van der Waals surface area (Å²) in [7, 11) is 5.00. The summed E-state index contributed by atoms with van der Waals surface area (Å²) in [5.74, 6) is -0.544. The normalized spacial score (nSPS) is 10.6. The molecule has 0 aliphatic rings. The number of ether oxygens (including phenoxy) is 1. The monoisotopic (exact) mass is 274 g/mol. The van der Waals surface area contributed by atoms with Gasteiger partial charge in [0, 0.05) is 14.1 Å². The van der Waals surface area contributed by atoms with Gasteiger partial charge < -0.3 is 9.64 Å². The van der Waals surface area contributed by atoms with E-state index in [9.17, 15) is 4.79 Å². The van der Waals surface area contributed by atoms with Gasteiger partial charge in [-0.2, -0.15) is 0 Å². The van der Waals surface area contributed by atoms with Gasteiger partial charge in [0.15, 0.2) is 0 Å². The van der Waals surface area contributed by atoms with E-state index in [1.807, 2.05) is 19.0 Å². The Morgan fingerprint density at radius 1 is 1.47 bits per heavy atom. The Morgan fingerprint density at radius 2 is 2.12 bits per heavy atom. The molecule has 4 nitrogen and oxygen atoms in total. The second-order valence-corrected chi connectivity index (χ2v) is 4.22. The molecule has 0 aromatic carbocycles. The first-order valence-electron chi connectivity index (χ1n) is 4.74. The van der Waals surface area contributed by atoms with Crippen LogP contribution in [0.1, 0.15) is 15.9 Å². The highest BCUT2D eigenvalue weighted by Crippen LogP contribution is 2.23. The highest BCUT2D eigenvalue weighted by Gasteiger charge is 2.17. The van der Waals surface area contributed by atoms with Crippen molar-refractivity contribution in [2.75, 3.05) is 21.2 Å². The summed E-state index contributed by atoms with van der Waals surface area (Å²) in [4.78, 5) is 17.2. The summed E-state index contributed by atoms with van der Waals surface area (Å²) in [5, 5.41) is 0.254. The summed E-state index contributed by atoms with van der Waals surface area (Å²) in [6.45, 7) is 0. The second kappa shape index (κ2) is 5.89. The van der Waals surface area contributed by atoms with E-state index in [1.165, 1.54) is 7.11 Å². The molecular formula is C11H12Cl2N2O2. The first kappa shape index (κ1) is 13.8. The van der Waals surface area contributed by atoms with Crippen LogP contribution in [-0.2, 0) is 4.74 Å². The maximum atomic E-state index is 11.6. The number of nitrogens with zero attached hydrogens (tertiary/aromatic N) is 2. The molecule has 0 saturated carbocycles. The molecule has 1 aromatic rings. The molecule has 0 bridgehead atoms. The van der Waals surface area contributed by atoms with E-state index in [0.29, 0.717) is 5.56 Å². The molecule has 1 rings (SSSR count). The first-order valence-corrected chi connectivity index (χ1v) is 5.50. The SMILES string of the molecule is COC(=O)c1c(C=CN(C)C)cc(Cl)nc1Cl. The number of esters is 1. The Balaban J connectivity index is 3.30. The highest BCUT2D eigenvalue weighted by molar-refractivity contribution is 6.35. The zero-order valence-electron chi connectivity index (χ0n) is 9.70. The summed E-state index contributed by atoms with van der Waals surface area (Å²) >= 11 is 11.7. The fraction of sp³-hybridized carbons (Fsp3) is 0.273. The van der Waals surface area contributed by atoms with Crippen LogP contribution in [-0.4, -0.2) is 37.1 Å². The van der Waals surface area contributed by atoms with E-state index < -0.39 is 5.97 Å². The quantitative estimate of drug-likeness (QED) is 0.628. The van der Waals surface area contributed by atoms with Crippen LogP contribution in [0.3, 0.4) is 0 Å². The molecule has 92 valence electrons. The van der Waals surface area contributed by atoms with Crippen molar-refractivity contribution >= 4 is 35.2 Å². The number of carbonyl (C=O) groups excluding carboxylic acids is 1. The standard InChI is InChI=1S/C11H12Cl2N2O2/c1-15(2)5-4-7-6-8(12)14-10(13)9(7)11(16)17-3/h4-6H,1-3H3. The fourth-order valence-electron chi connectivity index (χ4n) is 1.17. The Morgan fingerprint density at radius 3 is 2.65 bits per heavy atom. The van der Waals surface area contributed by atoms with E-state index in [2.05, 4.69) is 9.72 Å². The van der Waals surface area contributed by atoms with Gasteiger partial charge >= 0.3 is 5.97 Å². The summed E-state index contributed by atoms with van der Waals surface area (Å²) < 4.78 is 4.65. The molecule has 1 aromatic heterocycles. The van der Waals surface area contributed by atoms with Crippen LogP contribution >= 0.6 is 23.2 Å².